The summed E-state index contributed by atoms with van der Waals surface area (Å²) in [6.45, 7) is 0. The Kier molecular flexibility index (Phi) is 6.39. The number of thiophene rings is 1. The van der Waals surface area contributed by atoms with Crippen molar-refractivity contribution < 1.29 is 0 Å². The fraction of sp³-hybridized carbons (Fsp3) is 0. The number of para-hydroxylation sites is 2. The van der Waals surface area contributed by atoms with Crippen molar-refractivity contribution in [3.63, 3.8) is 0 Å². The molecule has 0 aliphatic heterocycles. The zero-order chi connectivity index (χ0) is 34.2. The largest absolute Gasteiger partial charge is 0.277 e. The third-order valence-electron chi connectivity index (χ3n) is 10.2. The molecular weight excluding hydrogens is 653 g/mol. The molecule has 11 rings (SSSR count). The number of nitrogens with zero attached hydrogens (tertiary/aromatic N) is 4. The Bertz CT molecular complexity index is 3190. The van der Waals surface area contributed by atoms with Crippen molar-refractivity contribution in [3.05, 3.63) is 170 Å². The van der Waals surface area contributed by atoms with Crippen LogP contribution >= 0.6 is 11.3 Å². The van der Waals surface area contributed by atoms with E-state index in [0.29, 0.717) is 17.6 Å². The second-order valence-electron chi connectivity index (χ2n) is 13.2. The van der Waals surface area contributed by atoms with Gasteiger partial charge in [-0.05, 0) is 51.4 Å². The van der Waals surface area contributed by atoms with Crippen LogP contribution in [0, 0.1) is 0 Å². The summed E-state index contributed by atoms with van der Waals surface area (Å²) in [5, 5.41) is 9.82. The van der Waals surface area contributed by atoms with Gasteiger partial charge in [0.15, 0.2) is 11.6 Å². The van der Waals surface area contributed by atoms with E-state index in [-0.39, 0.29) is 0 Å². The summed E-state index contributed by atoms with van der Waals surface area (Å²) < 4.78 is 4.81. The van der Waals surface area contributed by atoms with Gasteiger partial charge in [-0.1, -0.05) is 146 Å². The Morgan fingerprint density at radius 1 is 0.404 bits per heavy atom. The highest BCUT2D eigenvalue weighted by Crippen LogP contribution is 2.43. The molecule has 3 aromatic heterocycles. The van der Waals surface area contributed by atoms with E-state index >= 15 is 0 Å². The second kappa shape index (κ2) is 11.4. The van der Waals surface area contributed by atoms with Gasteiger partial charge in [-0.25, -0.2) is 4.98 Å². The van der Waals surface area contributed by atoms with Gasteiger partial charge in [0.1, 0.15) is 0 Å². The van der Waals surface area contributed by atoms with Crippen LogP contribution < -0.4 is 0 Å². The first-order valence-electron chi connectivity index (χ1n) is 17.4. The maximum Gasteiger partial charge on any atom is 0.238 e. The molecule has 0 aliphatic carbocycles. The smallest absolute Gasteiger partial charge is 0.238 e. The molecule has 0 radical (unpaired) electrons. The molecule has 0 saturated carbocycles. The van der Waals surface area contributed by atoms with Crippen molar-refractivity contribution >= 4 is 74.9 Å². The van der Waals surface area contributed by atoms with Crippen LogP contribution in [-0.2, 0) is 0 Å². The molecule has 52 heavy (non-hydrogen) atoms. The molecule has 0 aliphatic rings. The second-order valence-corrected chi connectivity index (χ2v) is 14.3. The number of fused-ring (bicyclic) bond motifs is 9. The van der Waals surface area contributed by atoms with E-state index in [1.165, 1.54) is 36.3 Å². The summed E-state index contributed by atoms with van der Waals surface area (Å²) in [4.78, 5) is 15.6. The monoisotopic (exact) mass is 680 g/mol. The summed E-state index contributed by atoms with van der Waals surface area (Å²) in [5.41, 5.74) is 6.30. The van der Waals surface area contributed by atoms with Crippen molar-refractivity contribution in [2.45, 2.75) is 0 Å². The van der Waals surface area contributed by atoms with Gasteiger partial charge in [0.05, 0.1) is 11.0 Å². The van der Waals surface area contributed by atoms with E-state index in [2.05, 4.69) is 156 Å². The van der Waals surface area contributed by atoms with Crippen molar-refractivity contribution in [3.8, 4) is 39.9 Å². The molecule has 0 unspecified atom stereocenters. The van der Waals surface area contributed by atoms with Crippen molar-refractivity contribution in [2.75, 3.05) is 0 Å². The molecular formula is C47H28N4S. The maximum atomic E-state index is 5.26. The SMILES string of the molecule is c1ccc(-c2nc(-c3ccc4ccccc4c3)nc(-n3c4ccccc4c4cccc(-c5ccc6c(c5)sc5ccc7ccccc7c56)c43)n2)cc1. The van der Waals surface area contributed by atoms with Gasteiger partial charge in [0, 0.05) is 47.6 Å². The van der Waals surface area contributed by atoms with Crippen LogP contribution in [0.25, 0.3) is 103 Å². The lowest BCUT2D eigenvalue weighted by atomic mass is 9.99. The summed E-state index contributed by atoms with van der Waals surface area (Å²) in [6.07, 6.45) is 0. The molecule has 0 saturated heterocycles. The van der Waals surface area contributed by atoms with E-state index in [1.54, 1.807) is 0 Å². The van der Waals surface area contributed by atoms with Crippen molar-refractivity contribution in [1.29, 1.82) is 0 Å². The van der Waals surface area contributed by atoms with Gasteiger partial charge in [-0.3, -0.25) is 4.57 Å². The number of rotatable bonds is 4. The van der Waals surface area contributed by atoms with Crippen LogP contribution in [0.2, 0.25) is 0 Å². The maximum absolute atomic E-state index is 5.26. The van der Waals surface area contributed by atoms with E-state index < -0.39 is 0 Å². The van der Waals surface area contributed by atoms with E-state index in [4.69, 9.17) is 15.0 Å². The molecule has 3 heterocycles. The van der Waals surface area contributed by atoms with Gasteiger partial charge >= 0.3 is 0 Å². The fourth-order valence-corrected chi connectivity index (χ4v) is 8.97. The summed E-state index contributed by atoms with van der Waals surface area (Å²) in [5.74, 6) is 1.86. The molecule has 0 amide bonds. The number of hydrogen-bond acceptors (Lipinski definition) is 4. The van der Waals surface area contributed by atoms with Crippen molar-refractivity contribution in [1.82, 2.24) is 19.5 Å². The normalized spacial score (nSPS) is 11.8. The third kappa shape index (κ3) is 4.50. The third-order valence-corrected chi connectivity index (χ3v) is 11.3. The van der Waals surface area contributed by atoms with Crippen LogP contribution in [0.4, 0.5) is 0 Å². The minimum atomic E-state index is 0.588. The Morgan fingerprint density at radius 3 is 1.98 bits per heavy atom. The summed E-state index contributed by atoms with van der Waals surface area (Å²) in [6, 6.07) is 60.3. The first kappa shape index (κ1) is 29.1. The van der Waals surface area contributed by atoms with E-state index in [9.17, 15) is 0 Å². The summed E-state index contributed by atoms with van der Waals surface area (Å²) in [7, 11) is 0. The number of benzene rings is 8. The van der Waals surface area contributed by atoms with E-state index in [0.717, 1.165) is 49.4 Å². The highest BCUT2D eigenvalue weighted by Gasteiger charge is 2.21. The first-order chi connectivity index (χ1) is 25.8. The topological polar surface area (TPSA) is 43.6 Å². The molecule has 8 aromatic carbocycles. The van der Waals surface area contributed by atoms with Crippen LogP contribution in [0.5, 0.6) is 0 Å². The summed E-state index contributed by atoms with van der Waals surface area (Å²) >= 11 is 1.86. The quantitative estimate of drug-likeness (QED) is 0.186. The van der Waals surface area contributed by atoms with Crippen LogP contribution in [0.15, 0.2) is 170 Å². The minimum Gasteiger partial charge on any atom is -0.277 e. The highest BCUT2D eigenvalue weighted by atomic mass is 32.1. The molecule has 0 spiro atoms. The molecule has 11 aromatic rings. The molecule has 242 valence electrons. The van der Waals surface area contributed by atoms with Gasteiger partial charge in [0.25, 0.3) is 0 Å². The van der Waals surface area contributed by atoms with Crippen molar-refractivity contribution in [2.24, 2.45) is 0 Å². The molecule has 0 fully saturated rings. The predicted octanol–water partition coefficient (Wildman–Crippen LogP) is 12.6. The lowest BCUT2D eigenvalue weighted by Gasteiger charge is -2.13. The average molecular weight is 681 g/mol. The zero-order valence-corrected chi connectivity index (χ0v) is 28.7. The molecule has 0 atom stereocenters. The first-order valence-corrected chi connectivity index (χ1v) is 18.3. The van der Waals surface area contributed by atoms with Gasteiger partial charge in [-0.15, -0.1) is 11.3 Å². The Hall–Kier alpha value is -6.69. The van der Waals surface area contributed by atoms with Crippen LogP contribution in [0.1, 0.15) is 0 Å². The van der Waals surface area contributed by atoms with Gasteiger partial charge in [-0.2, -0.15) is 9.97 Å². The average Bonchev–Trinajstić information content (AvgIpc) is 3.77. The molecule has 4 nitrogen and oxygen atoms in total. The molecule has 0 bridgehead atoms. The minimum absolute atomic E-state index is 0.588. The highest BCUT2D eigenvalue weighted by molar-refractivity contribution is 7.26. The number of aromatic nitrogens is 4. The van der Waals surface area contributed by atoms with Gasteiger partial charge in [0.2, 0.25) is 5.95 Å². The number of hydrogen-bond donors (Lipinski definition) is 0. The van der Waals surface area contributed by atoms with Gasteiger partial charge < -0.3 is 0 Å². The Labute approximate surface area is 302 Å². The Balaban J connectivity index is 1.18. The Morgan fingerprint density at radius 2 is 1.10 bits per heavy atom. The lowest BCUT2D eigenvalue weighted by Crippen LogP contribution is -2.07. The fourth-order valence-electron chi connectivity index (χ4n) is 7.81. The predicted molar refractivity (Wildman–Crippen MR) is 218 cm³/mol. The molecule has 5 heteroatoms. The van der Waals surface area contributed by atoms with Crippen LogP contribution in [-0.4, -0.2) is 19.5 Å². The van der Waals surface area contributed by atoms with E-state index in [1.807, 2.05) is 29.5 Å². The van der Waals surface area contributed by atoms with Crippen LogP contribution in [0.3, 0.4) is 0 Å². The zero-order valence-electron chi connectivity index (χ0n) is 27.9. The molecule has 0 N–H and O–H groups in total. The lowest BCUT2D eigenvalue weighted by molar-refractivity contribution is 0.954. The standard InChI is InChI=1S/C47H28N4S/c1-2-13-31(14-3-1)45-48-46(34-22-21-29-11-4-5-15-32(29)27-34)50-47(49-45)51-40-20-9-8-17-37(40)38-19-10-18-36(44(38)51)33-23-25-39-42(28-33)52-41-26-24-30-12-6-7-16-35(30)43(39)41/h1-28H.